The summed E-state index contributed by atoms with van der Waals surface area (Å²) in [6.45, 7) is 13.1. The number of hydrogen-bond acceptors (Lipinski definition) is 0. The Morgan fingerprint density at radius 2 is 1.71 bits per heavy atom. The van der Waals surface area contributed by atoms with Crippen LogP contribution >= 0.6 is 0 Å². The van der Waals surface area contributed by atoms with Crippen LogP contribution in [0.3, 0.4) is 0 Å². The fourth-order valence-electron chi connectivity index (χ4n) is 1.29. The molecule has 0 nitrogen and oxygen atoms in total. The van der Waals surface area contributed by atoms with Gasteiger partial charge in [0.15, 0.2) is 0 Å². The van der Waals surface area contributed by atoms with Gasteiger partial charge in [-0.15, -0.1) is 0 Å². The Bertz CT molecular complexity index is 176. The van der Waals surface area contributed by atoms with E-state index in [4.69, 9.17) is 0 Å². The van der Waals surface area contributed by atoms with Gasteiger partial charge in [0.1, 0.15) is 0 Å². The Balaban J connectivity index is 3.71. The predicted molar refractivity (Wildman–Crippen MR) is 66.4 cm³/mol. The van der Waals surface area contributed by atoms with E-state index < -0.39 is 0 Å². The van der Waals surface area contributed by atoms with Gasteiger partial charge in [-0.1, -0.05) is 64.8 Å². The van der Waals surface area contributed by atoms with Crippen molar-refractivity contribution >= 4 is 0 Å². The van der Waals surface area contributed by atoms with Crippen molar-refractivity contribution in [1.29, 1.82) is 0 Å². The molecule has 0 spiro atoms. The Morgan fingerprint density at radius 3 is 2.21 bits per heavy atom. The maximum atomic E-state index is 4.08. The average Bonchev–Trinajstić information content (AvgIpc) is 2.17. The van der Waals surface area contributed by atoms with Crippen molar-refractivity contribution in [3.63, 3.8) is 0 Å². The zero-order valence-corrected chi connectivity index (χ0v) is 10.3. The first-order chi connectivity index (χ1) is 6.60. The van der Waals surface area contributed by atoms with Crippen LogP contribution in [0.25, 0.3) is 0 Å². The molecule has 0 aliphatic rings. The first-order valence-electron chi connectivity index (χ1n) is 5.94. The summed E-state index contributed by atoms with van der Waals surface area (Å²) < 4.78 is 0. The van der Waals surface area contributed by atoms with Crippen molar-refractivity contribution in [2.75, 3.05) is 0 Å². The molecule has 2 unspecified atom stereocenters. The van der Waals surface area contributed by atoms with Gasteiger partial charge >= 0.3 is 0 Å². The van der Waals surface area contributed by atoms with Gasteiger partial charge in [0.25, 0.3) is 0 Å². The molecular formula is C14H26. The quantitative estimate of drug-likeness (QED) is 0.502. The van der Waals surface area contributed by atoms with Crippen LogP contribution in [0, 0.1) is 11.8 Å². The van der Waals surface area contributed by atoms with Crippen molar-refractivity contribution in [2.45, 2.75) is 53.4 Å². The standard InChI is InChI=1S/C14H26/c1-6-12(3)9-8-10-14(5)11-13(4)7-2/h8,10,12-13H,5-7,9,11H2,1-4H3. The normalized spacial score (nSPS) is 15.7. The third-order valence-corrected chi connectivity index (χ3v) is 2.90. The van der Waals surface area contributed by atoms with Crippen molar-refractivity contribution in [2.24, 2.45) is 11.8 Å². The SMILES string of the molecule is C=C(C=CCC(C)CC)CC(C)CC. The summed E-state index contributed by atoms with van der Waals surface area (Å²) in [6, 6.07) is 0. The summed E-state index contributed by atoms with van der Waals surface area (Å²) in [4.78, 5) is 0. The van der Waals surface area contributed by atoms with E-state index in [-0.39, 0.29) is 0 Å². The molecule has 0 amide bonds. The molecular weight excluding hydrogens is 168 g/mol. The first kappa shape index (κ1) is 13.5. The topological polar surface area (TPSA) is 0 Å². The molecule has 0 saturated heterocycles. The lowest BCUT2D eigenvalue weighted by molar-refractivity contribution is 0.560. The summed E-state index contributed by atoms with van der Waals surface area (Å²) in [5.41, 5.74) is 1.28. The van der Waals surface area contributed by atoms with Gasteiger partial charge in [0.05, 0.1) is 0 Å². The van der Waals surface area contributed by atoms with E-state index in [1.165, 1.54) is 24.8 Å². The van der Waals surface area contributed by atoms with E-state index in [9.17, 15) is 0 Å². The van der Waals surface area contributed by atoms with Gasteiger partial charge in [-0.05, 0) is 24.7 Å². The molecule has 0 bridgehead atoms. The highest BCUT2D eigenvalue weighted by molar-refractivity contribution is 5.14. The van der Waals surface area contributed by atoms with E-state index in [2.05, 4.69) is 46.4 Å². The monoisotopic (exact) mass is 194 g/mol. The fourth-order valence-corrected chi connectivity index (χ4v) is 1.29. The largest absolute Gasteiger partial charge is 0.0958 e. The lowest BCUT2D eigenvalue weighted by Gasteiger charge is -2.08. The molecule has 0 heteroatoms. The van der Waals surface area contributed by atoms with Gasteiger partial charge in [-0.25, -0.2) is 0 Å². The van der Waals surface area contributed by atoms with Crippen LogP contribution in [-0.2, 0) is 0 Å². The molecule has 0 aromatic rings. The van der Waals surface area contributed by atoms with E-state index in [0.29, 0.717) is 0 Å². The highest BCUT2D eigenvalue weighted by Gasteiger charge is 1.99. The van der Waals surface area contributed by atoms with Crippen LogP contribution in [0.1, 0.15) is 53.4 Å². The Labute approximate surface area is 90.1 Å². The van der Waals surface area contributed by atoms with Crippen LogP contribution in [0.5, 0.6) is 0 Å². The molecule has 0 rings (SSSR count). The lowest BCUT2D eigenvalue weighted by atomic mass is 9.98. The number of allylic oxidation sites excluding steroid dienone is 3. The first-order valence-corrected chi connectivity index (χ1v) is 5.94. The second-order valence-corrected chi connectivity index (χ2v) is 4.53. The van der Waals surface area contributed by atoms with Crippen molar-refractivity contribution in [3.05, 3.63) is 24.3 Å². The molecule has 2 atom stereocenters. The van der Waals surface area contributed by atoms with Crippen LogP contribution in [0.4, 0.5) is 0 Å². The summed E-state index contributed by atoms with van der Waals surface area (Å²) in [7, 11) is 0. The molecule has 0 aromatic heterocycles. The van der Waals surface area contributed by atoms with Crippen LogP contribution in [0.2, 0.25) is 0 Å². The summed E-state index contributed by atoms with van der Waals surface area (Å²) >= 11 is 0. The molecule has 0 fully saturated rings. The number of hydrogen-bond donors (Lipinski definition) is 0. The Kier molecular flexibility index (Phi) is 7.55. The van der Waals surface area contributed by atoms with Gasteiger partial charge in [-0.2, -0.15) is 0 Å². The molecule has 82 valence electrons. The van der Waals surface area contributed by atoms with E-state index in [1.807, 2.05) is 0 Å². The van der Waals surface area contributed by atoms with Gasteiger partial charge in [0.2, 0.25) is 0 Å². The molecule has 0 radical (unpaired) electrons. The Morgan fingerprint density at radius 1 is 1.14 bits per heavy atom. The maximum absolute atomic E-state index is 4.08. The highest BCUT2D eigenvalue weighted by Crippen LogP contribution is 2.15. The maximum Gasteiger partial charge on any atom is -0.0259 e. The summed E-state index contributed by atoms with van der Waals surface area (Å²) in [5.74, 6) is 1.58. The van der Waals surface area contributed by atoms with Crippen molar-refractivity contribution < 1.29 is 0 Å². The second-order valence-electron chi connectivity index (χ2n) is 4.53. The molecule has 0 aromatic carbocycles. The van der Waals surface area contributed by atoms with Crippen LogP contribution < -0.4 is 0 Å². The molecule has 0 aliphatic heterocycles. The highest BCUT2D eigenvalue weighted by atomic mass is 14.0. The minimum Gasteiger partial charge on any atom is -0.0958 e. The fraction of sp³-hybridized carbons (Fsp3) is 0.714. The molecule has 0 saturated carbocycles. The molecule has 0 N–H and O–H groups in total. The third kappa shape index (κ3) is 6.94. The van der Waals surface area contributed by atoms with Gasteiger partial charge < -0.3 is 0 Å². The average molecular weight is 194 g/mol. The zero-order chi connectivity index (χ0) is 11.0. The van der Waals surface area contributed by atoms with Crippen molar-refractivity contribution in [3.8, 4) is 0 Å². The minimum absolute atomic E-state index is 0.774. The Hall–Kier alpha value is -0.520. The molecule has 14 heavy (non-hydrogen) atoms. The molecule has 0 aliphatic carbocycles. The van der Waals surface area contributed by atoms with Crippen LogP contribution in [-0.4, -0.2) is 0 Å². The van der Waals surface area contributed by atoms with E-state index in [1.54, 1.807) is 0 Å². The van der Waals surface area contributed by atoms with Crippen molar-refractivity contribution in [1.82, 2.24) is 0 Å². The molecule has 0 heterocycles. The van der Waals surface area contributed by atoms with E-state index >= 15 is 0 Å². The van der Waals surface area contributed by atoms with E-state index in [0.717, 1.165) is 18.3 Å². The number of rotatable bonds is 7. The summed E-state index contributed by atoms with van der Waals surface area (Å²) in [5, 5.41) is 0. The van der Waals surface area contributed by atoms with Gasteiger partial charge in [-0.3, -0.25) is 0 Å². The summed E-state index contributed by atoms with van der Waals surface area (Å²) in [6.07, 6.45) is 9.33. The third-order valence-electron chi connectivity index (χ3n) is 2.90. The second kappa shape index (κ2) is 7.84. The smallest absolute Gasteiger partial charge is 0.0259 e. The predicted octanol–water partition coefficient (Wildman–Crippen LogP) is 4.97. The lowest BCUT2D eigenvalue weighted by Crippen LogP contribution is -1.93. The van der Waals surface area contributed by atoms with Gasteiger partial charge in [0, 0.05) is 0 Å². The minimum atomic E-state index is 0.774. The zero-order valence-electron chi connectivity index (χ0n) is 10.3. The van der Waals surface area contributed by atoms with Crippen LogP contribution in [0.15, 0.2) is 24.3 Å².